The molecule has 0 aromatic carbocycles. The van der Waals surface area contributed by atoms with Gasteiger partial charge in [0.1, 0.15) is 18.3 Å². The molecule has 3 aromatic heterocycles. The summed E-state index contributed by atoms with van der Waals surface area (Å²) < 4.78 is 1.78. The minimum atomic E-state index is 0.182. The molecule has 3 rings (SSSR count). The summed E-state index contributed by atoms with van der Waals surface area (Å²) in [4.78, 5) is 8.18. The van der Waals surface area contributed by atoms with Gasteiger partial charge in [-0.05, 0) is 19.1 Å². The summed E-state index contributed by atoms with van der Waals surface area (Å²) in [5, 5.41) is 17.2. The fourth-order valence-electron chi connectivity index (χ4n) is 1.74. The van der Waals surface area contributed by atoms with Gasteiger partial charge < -0.3 is 5.32 Å². The first-order valence-corrected chi connectivity index (χ1v) is 6.97. The first-order valence-electron chi connectivity index (χ1n) is 6.15. The third-order valence-corrected chi connectivity index (χ3v) is 3.48. The third kappa shape index (κ3) is 2.97. The van der Waals surface area contributed by atoms with E-state index in [1.165, 1.54) is 17.7 Å². The van der Waals surface area contributed by atoms with Gasteiger partial charge >= 0.3 is 0 Å². The number of nitrogens with one attached hydrogen (secondary N) is 1. The molecule has 0 saturated heterocycles. The van der Waals surface area contributed by atoms with E-state index in [0.717, 1.165) is 22.4 Å². The van der Waals surface area contributed by atoms with Crippen LogP contribution in [0.3, 0.4) is 0 Å². The van der Waals surface area contributed by atoms with E-state index in [4.69, 9.17) is 0 Å². The van der Waals surface area contributed by atoms with E-state index in [2.05, 4.69) is 37.5 Å². The molecule has 0 radical (unpaired) electrons. The zero-order valence-corrected chi connectivity index (χ0v) is 11.7. The van der Waals surface area contributed by atoms with E-state index in [0.29, 0.717) is 0 Å². The molecule has 0 spiro atoms. The third-order valence-electron chi connectivity index (χ3n) is 2.61. The van der Waals surface area contributed by atoms with Crippen molar-refractivity contribution in [3.63, 3.8) is 0 Å². The van der Waals surface area contributed by atoms with Crippen LogP contribution in [0.5, 0.6) is 0 Å². The second-order valence-corrected chi connectivity index (χ2v) is 5.27. The Morgan fingerprint density at radius 1 is 1.35 bits per heavy atom. The SMILES string of the molecule is C[C@H](Cn1cncn1)Nc1nnc(-c2ccccn2)s1. The lowest BCUT2D eigenvalue weighted by atomic mass is 10.3. The van der Waals surface area contributed by atoms with Crippen LogP contribution in [0.4, 0.5) is 5.13 Å². The molecule has 3 aromatic rings. The van der Waals surface area contributed by atoms with E-state index in [9.17, 15) is 0 Å². The Balaban J connectivity index is 1.65. The van der Waals surface area contributed by atoms with E-state index < -0.39 is 0 Å². The summed E-state index contributed by atoms with van der Waals surface area (Å²) in [7, 11) is 0. The van der Waals surface area contributed by atoms with Crippen LogP contribution in [0.1, 0.15) is 6.92 Å². The fraction of sp³-hybridized carbons (Fsp3) is 0.250. The summed E-state index contributed by atoms with van der Waals surface area (Å²) in [6.07, 6.45) is 4.96. The maximum atomic E-state index is 4.26. The van der Waals surface area contributed by atoms with Crippen LogP contribution in [0, 0.1) is 0 Å². The average molecular weight is 287 g/mol. The Bertz CT molecular complexity index is 650. The van der Waals surface area contributed by atoms with Gasteiger partial charge in [-0.3, -0.25) is 9.67 Å². The standard InChI is InChI=1S/C12H13N7S/c1-9(6-19-8-13-7-15-19)16-12-18-17-11(20-12)10-4-2-3-5-14-10/h2-5,7-9H,6H2,1H3,(H,16,18)/t9-/m1/s1. The van der Waals surface area contributed by atoms with Crippen LogP contribution < -0.4 is 5.32 Å². The maximum absolute atomic E-state index is 4.26. The highest BCUT2D eigenvalue weighted by Gasteiger charge is 2.10. The lowest BCUT2D eigenvalue weighted by Crippen LogP contribution is -2.22. The first kappa shape index (κ1) is 12.7. The van der Waals surface area contributed by atoms with Crippen LogP contribution in [0.25, 0.3) is 10.7 Å². The van der Waals surface area contributed by atoms with Crippen molar-refractivity contribution in [3.05, 3.63) is 37.1 Å². The van der Waals surface area contributed by atoms with Crippen molar-refractivity contribution in [1.29, 1.82) is 0 Å². The molecular weight excluding hydrogens is 274 g/mol. The summed E-state index contributed by atoms with van der Waals surface area (Å²) in [6.45, 7) is 2.78. The lowest BCUT2D eigenvalue weighted by molar-refractivity contribution is 0.559. The molecule has 0 aliphatic heterocycles. The second-order valence-electron chi connectivity index (χ2n) is 4.29. The van der Waals surface area contributed by atoms with E-state index in [1.807, 2.05) is 18.2 Å². The predicted octanol–water partition coefficient (Wildman–Crippen LogP) is 1.69. The van der Waals surface area contributed by atoms with Gasteiger partial charge in [0.25, 0.3) is 0 Å². The van der Waals surface area contributed by atoms with Crippen molar-refractivity contribution in [2.45, 2.75) is 19.5 Å². The molecule has 7 nitrogen and oxygen atoms in total. The van der Waals surface area contributed by atoms with Gasteiger partial charge in [-0.25, -0.2) is 4.98 Å². The summed E-state index contributed by atoms with van der Waals surface area (Å²) in [5.41, 5.74) is 0.835. The number of pyridine rings is 1. The molecule has 20 heavy (non-hydrogen) atoms. The Hall–Kier alpha value is -2.35. The summed E-state index contributed by atoms with van der Waals surface area (Å²) >= 11 is 1.49. The first-order chi connectivity index (χ1) is 9.81. The molecule has 0 bridgehead atoms. The second kappa shape index (κ2) is 5.74. The molecule has 3 heterocycles. The van der Waals surface area contributed by atoms with Crippen molar-refractivity contribution in [2.24, 2.45) is 0 Å². The average Bonchev–Trinajstić information content (AvgIpc) is 3.11. The van der Waals surface area contributed by atoms with Gasteiger partial charge in [0.2, 0.25) is 5.13 Å². The quantitative estimate of drug-likeness (QED) is 0.769. The maximum Gasteiger partial charge on any atom is 0.206 e. The van der Waals surface area contributed by atoms with Crippen LogP contribution in [-0.2, 0) is 6.54 Å². The van der Waals surface area contributed by atoms with Crippen LogP contribution in [-0.4, -0.2) is 36.0 Å². The largest absolute Gasteiger partial charge is 0.356 e. The van der Waals surface area contributed by atoms with Gasteiger partial charge in [0.15, 0.2) is 5.01 Å². The molecule has 0 aliphatic rings. The smallest absolute Gasteiger partial charge is 0.206 e. The van der Waals surface area contributed by atoms with Gasteiger partial charge in [0.05, 0.1) is 6.54 Å². The molecule has 8 heteroatoms. The van der Waals surface area contributed by atoms with E-state index >= 15 is 0 Å². The highest BCUT2D eigenvalue weighted by atomic mass is 32.1. The molecule has 0 saturated carbocycles. The summed E-state index contributed by atoms with van der Waals surface area (Å²) in [6, 6.07) is 5.92. The van der Waals surface area contributed by atoms with Gasteiger partial charge in [-0.1, -0.05) is 17.4 Å². The monoisotopic (exact) mass is 287 g/mol. The molecular formula is C12H13N7S. The minimum absolute atomic E-state index is 0.182. The zero-order valence-electron chi connectivity index (χ0n) is 10.8. The highest BCUT2D eigenvalue weighted by molar-refractivity contribution is 7.18. The number of rotatable bonds is 5. The number of anilines is 1. The number of nitrogens with zero attached hydrogens (tertiary/aromatic N) is 6. The van der Waals surface area contributed by atoms with Crippen LogP contribution >= 0.6 is 11.3 Å². The summed E-state index contributed by atoms with van der Waals surface area (Å²) in [5.74, 6) is 0. The Kier molecular flexibility index (Phi) is 3.64. The van der Waals surface area contributed by atoms with Gasteiger partial charge in [-0.15, -0.1) is 10.2 Å². The predicted molar refractivity (Wildman–Crippen MR) is 76.2 cm³/mol. The minimum Gasteiger partial charge on any atom is -0.356 e. The van der Waals surface area contributed by atoms with Crippen molar-refractivity contribution < 1.29 is 0 Å². The number of hydrogen-bond donors (Lipinski definition) is 1. The van der Waals surface area contributed by atoms with Crippen molar-refractivity contribution in [1.82, 2.24) is 29.9 Å². The van der Waals surface area contributed by atoms with Gasteiger partial charge in [0, 0.05) is 12.2 Å². The lowest BCUT2D eigenvalue weighted by Gasteiger charge is -2.11. The van der Waals surface area contributed by atoms with Crippen LogP contribution in [0.15, 0.2) is 37.1 Å². The normalized spacial score (nSPS) is 12.2. The molecule has 1 N–H and O–H groups in total. The van der Waals surface area contributed by atoms with Gasteiger partial charge in [-0.2, -0.15) is 5.10 Å². The Morgan fingerprint density at radius 2 is 2.30 bits per heavy atom. The van der Waals surface area contributed by atoms with Crippen molar-refractivity contribution in [2.75, 3.05) is 5.32 Å². The topological polar surface area (TPSA) is 81.4 Å². The molecule has 0 amide bonds. The number of hydrogen-bond acceptors (Lipinski definition) is 7. The molecule has 102 valence electrons. The zero-order chi connectivity index (χ0) is 13.8. The fourth-order valence-corrected chi connectivity index (χ4v) is 2.57. The van der Waals surface area contributed by atoms with Crippen LogP contribution in [0.2, 0.25) is 0 Å². The molecule has 1 atom stereocenters. The molecule has 0 fully saturated rings. The highest BCUT2D eigenvalue weighted by Crippen LogP contribution is 2.24. The molecule has 0 unspecified atom stereocenters. The Labute approximate surface area is 119 Å². The number of aromatic nitrogens is 6. The van der Waals surface area contributed by atoms with Crippen molar-refractivity contribution >= 4 is 16.5 Å². The molecule has 0 aliphatic carbocycles. The van der Waals surface area contributed by atoms with Crippen molar-refractivity contribution in [3.8, 4) is 10.7 Å². The van der Waals surface area contributed by atoms with E-state index in [-0.39, 0.29) is 6.04 Å². The van der Waals surface area contributed by atoms with E-state index in [1.54, 1.807) is 17.2 Å². The Morgan fingerprint density at radius 3 is 3.05 bits per heavy atom.